The fourth-order valence-electron chi connectivity index (χ4n) is 2.34. The molecule has 0 unspecified atom stereocenters. The van der Waals surface area contributed by atoms with Crippen LogP contribution in [-0.4, -0.2) is 10.5 Å². The Hall–Kier alpha value is -3.26. The first-order chi connectivity index (χ1) is 10.7. The Balaban J connectivity index is 1.74. The molecular formula is C17H14N4O. The third kappa shape index (κ3) is 2.76. The molecule has 2 aromatic carbocycles. The summed E-state index contributed by atoms with van der Waals surface area (Å²) in [5.41, 5.74) is 8.65. The highest BCUT2D eigenvalue weighted by atomic mass is 16.1. The van der Waals surface area contributed by atoms with Crippen LogP contribution < -0.4 is 11.1 Å². The van der Waals surface area contributed by atoms with Gasteiger partial charge in [-0.25, -0.2) is 0 Å². The minimum Gasteiger partial charge on any atom is -0.399 e. The molecular weight excluding hydrogens is 276 g/mol. The monoisotopic (exact) mass is 290 g/mol. The van der Waals surface area contributed by atoms with Gasteiger partial charge in [0.2, 0.25) is 5.91 Å². The number of carbonyl (C=O) groups excluding carboxylic acids is 1. The molecule has 1 amide bonds. The van der Waals surface area contributed by atoms with Crippen LogP contribution in [0.2, 0.25) is 0 Å². The molecule has 0 aliphatic rings. The second-order valence-electron chi connectivity index (χ2n) is 5.00. The van der Waals surface area contributed by atoms with Crippen LogP contribution in [0.1, 0.15) is 5.56 Å². The topological polar surface area (TPSA) is 83.8 Å². The van der Waals surface area contributed by atoms with Crippen molar-refractivity contribution in [3.05, 3.63) is 60.3 Å². The van der Waals surface area contributed by atoms with E-state index in [2.05, 4.69) is 5.32 Å². The summed E-state index contributed by atoms with van der Waals surface area (Å²) in [7, 11) is 0. The normalized spacial score (nSPS) is 10.3. The third-order valence-corrected chi connectivity index (χ3v) is 3.41. The Morgan fingerprint density at radius 1 is 1.18 bits per heavy atom. The Kier molecular flexibility index (Phi) is 3.50. The maximum atomic E-state index is 12.1. The molecule has 3 N–H and O–H groups in total. The number of benzene rings is 2. The van der Waals surface area contributed by atoms with E-state index in [1.54, 1.807) is 24.3 Å². The van der Waals surface area contributed by atoms with Gasteiger partial charge in [-0.2, -0.15) is 5.26 Å². The standard InChI is InChI=1S/C17H14N4O/c18-10-12-1-4-15(5-2-12)20-17(22)11-21-8-7-13-9-14(19)3-6-16(13)21/h1-9H,11,19H2,(H,20,22). The molecule has 0 fully saturated rings. The molecule has 5 nitrogen and oxygen atoms in total. The average Bonchev–Trinajstić information content (AvgIpc) is 2.90. The lowest BCUT2D eigenvalue weighted by Gasteiger charge is -2.07. The van der Waals surface area contributed by atoms with Crippen LogP contribution in [0.15, 0.2) is 54.7 Å². The highest BCUT2D eigenvalue weighted by Gasteiger charge is 2.07. The lowest BCUT2D eigenvalue weighted by atomic mass is 10.2. The molecule has 1 aromatic heterocycles. The van der Waals surface area contributed by atoms with Crippen molar-refractivity contribution in [1.29, 1.82) is 5.26 Å². The van der Waals surface area contributed by atoms with Crippen molar-refractivity contribution in [1.82, 2.24) is 4.57 Å². The number of rotatable bonds is 3. The highest BCUT2D eigenvalue weighted by molar-refractivity contribution is 5.92. The van der Waals surface area contributed by atoms with E-state index in [1.165, 1.54) is 0 Å². The number of nitrogen functional groups attached to an aromatic ring is 1. The maximum absolute atomic E-state index is 12.1. The van der Waals surface area contributed by atoms with E-state index in [0.717, 1.165) is 10.9 Å². The number of carbonyl (C=O) groups is 1. The molecule has 3 rings (SSSR count). The fourth-order valence-corrected chi connectivity index (χ4v) is 2.34. The summed E-state index contributed by atoms with van der Waals surface area (Å²) in [5, 5.41) is 12.6. The molecule has 0 spiro atoms. The summed E-state index contributed by atoms with van der Waals surface area (Å²) < 4.78 is 1.87. The van der Waals surface area contributed by atoms with Gasteiger partial charge in [0.1, 0.15) is 6.54 Å². The summed E-state index contributed by atoms with van der Waals surface area (Å²) in [6.45, 7) is 0.216. The maximum Gasteiger partial charge on any atom is 0.244 e. The first kappa shape index (κ1) is 13.7. The van der Waals surface area contributed by atoms with E-state index in [0.29, 0.717) is 16.9 Å². The van der Waals surface area contributed by atoms with Crippen LogP contribution in [0.25, 0.3) is 10.9 Å². The summed E-state index contributed by atoms with van der Waals surface area (Å²) in [6, 6.07) is 16.3. The molecule has 3 aromatic rings. The minimum absolute atomic E-state index is 0.126. The number of nitrogens with two attached hydrogens (primary N) is 1. The van der Waals surface area contributed by atoms with E-state index >= 15 is 0 Å². The molecule has 22 heavy (non-hydrogen) atoms. The summed E-state index contributed by atoms with van der Waals surface area (Å²) in [4.78, 5) is 12.1. The molecule has 0 bridgehead atoms. The lowest BCUT2D eigenvalue weighted by molar-refractivity contribution is -0.116. The number of hydrogen-bond donors (Lipinski definition) is 2. The summed E-state index contributed by atoms with van der Waals surface area (Å²) in [5.74, 6) is -0.126. The molecule has 5 heteroatoms. The van der Waals surface area contributed by atoms with Crippen LogP contribution in [0.3, 0.4) is 0 Å². The van der Waals surface area contributed by atoms with Crippen LogP contribution in [0, 0.1) is 11.3 Å². The van der Waals surface area contributed by atoms with E-state index in [-0.39, 0.29) is 12.5 Å². The zero-order chi connectivity index (χ0) is 15.5. The Labute approximate surface area is 127 Å². The number of anilines is 2. The first-order valence-electron chi connectivity index (χ1n) is 6.80. The third-order valence-electron chi connectivity index (χ3n) is 3.41. The molecule has 0 radical (unpaired) electrons. The average molecular weight is 290 g/mol. The number of fused-ring (bicyclic) bond motifs is 1. The van der Waals surface area contributed by atoms with Gasteiger partial charge < -0.3 is 15.6 Å². The van der Waals surface area contributed by atoms with Crippen molar-refractivity contribution in [2.75, 3.05) is 11.1 Å². The van der Waals surface area contributed by atoms with Crippen molar-refractivity contribution in [3.8, 4) is 6.07 Å². The zero-order valence-corrected chi connectivity index (χ0v) is 11.8. The molecule has 1 heterocycles. The van der Waals surface area contributed by atoms with Gasteiger partial charge in [0.05, 0.1) is 11.6 Å². The van der Waals surface area contributed by atoms with Crippen molar-refractivity contribution in [3.63, 3.8) is 0 Å². The summed E-state index contributed by atoms with van der Waals surface area (Å²) in [6.07, 6.45) is 1.86. The van der Waals surface area contributed by atoms with Gasteiger partial charge in [0.15, 0.2) is 0 Å². The predicted octanol–water partition coefficient (Wildman–Crippen LogP) is 2.73. The molecule has 0 aliphatic heterocycles. The molecule has 0 saturated heterocycles. The van der Waals surface area contributed by atoms with Gasteiger partial charge >= 0.3 is 0 Å². The van der Waals surface area contributed by atoms with Crippen LogP contribution in [0.5, 0.6) is 0 Å². The second kappa shape index (κ2) is 5.62. The Morgan fingerprint density at radius 3 is 2.68 bits per heavy atom. The zero-order valence-electron chi connectivity index (χ0n) is 11.8. The number of aromatic nitrogens is 1. The molecule has 0 aliphatic carbocycles. The smallest absolute Gasteiger partial charge is 0.244 e. The highest BCUT2D eigenvalue weighted by Crippen LogP contribution is 2.19. The van der Waals surface area contributed by atoms with E-state index < -0.39 is 0 Å². The van der Waals surface area contributed by atoms with E-state index in [9.17, 15) is 4.79 Å². The predicted molar refractivity (Wildman–Crippen MR) is 86.1 cm³/mol. The van der Waals surface area contributed by atoms with Gasteiger partial charge in [-0.3, -0.25) is 4.79 Å². The Morgan fingerprint density at radius 2 is 1.95 bits per heavy atom. The van der Waals surface area contributed by atoms with E-state index in [4.69, 9.17) is 11.0 Å². The molecule has 0 atom stereocenters. The molecule has 0 saturated carbocycles. The fraction of sp³-hybridized carbons (Fsp3) is 0.0588. The second-order valence-corrected chi connectivity index (χ2v) is 5.00. The number of nitriles is 1. The number of nitrogens with one attached hydrogen (secondary N) is 1. The van der Waals surface area contributed by atoms with E-state index in [1.807, 2.05) is 41.1 Å². The van der Waals surface area contributed by atoms with Crippen molar-refractivity contribution < 1.29 is 4.79 Å². The van der Waals surface area contributed by atoms with Crippen molar-refractivity contribution in [2.45, 2.75) is 6.54 Å². The van der Waals surface area contributed by atoms with Crippen LogP contribution in [0.4, 0.5) is 11.4 Å². The SMILES string of the molecule is N#Cc1ccc(NC(=O)Cn2ccc3cc(N)ccc32)cc1. The van der Waals surface area contributed by atoms with Gasteiger partial charge in [-0.05, 0) is 48.5 Å². The van der Waals surface area contributed by atoms with Crippen LogP contribution in [-0.2, 0) is 11.3 Å². The Bertz CT molecular complexity index is 872. The number of hydrogen-bond acceptors (Lipinski definition) is 3. The van der Waals surface area contributed by atoms with Crippen molar-refractivity contribution >= 4 is 28.2 Å². The first-order valence-corrected chi connectivity index (χ1v) is 6.80. The van der Waals surface area contributed by atoms with Gasteiger partial charge in [0.25, 0.3) is 0 Å². The van der Waals surface area contributed by atoms with Crippen LogP contribution >= 0.6 is 0 Å². The lowest BCUT2D eigenvalue weighted by Crippen LogP contribution is -2.18. The minimum atomic E-state index is -0.126. The largest absolute Gasteiger partial charge is 0.399 e. The van der Waals surface area contributed by atoms with Gasteiger partial charge in [-0.15, -0.1) is 0 Å². The quantitative estimate of drug-likeness (QED) is 0.727. The van der Waals surface area contributed by atoms with Gasteiger partial charge in [-0.1, -0.05) is 0 Å². The van der Waals surface area contributed by atoms with Crippen molar-refractivity contribution in [2.24, 2.45) is 0 Å². The van der Waals surface area contributed by atoms with Gasteiger partial charge in [0, 0.05) is 28.5 Å². The number of amides is 1. The summed E-state index contributed by atoms with van der Waals surface area (Å²) >= 11 is 0. The molecule has 108 valence electrons. The number of nitrogens with zero attached hydrogens (tertiary/aromatic N) is 2.